The van der Waals surface area contributed by atoms with Crippen molar-refractivity contribution in [3.8, 4) is 0 Å². The number of urea groups is 1. The molecule has 1 saturated heterocycles. The van der Waals surface area contributed by atoms with Crippen molar-refractivity contribution in [2.24, 2.45) is 11.8 Å². The predicted molar refractivity (Wildman–Crippen MR) is 107 cm³/mol. The van der Waals surface area contributed by atoms with Gasteiger partial charge in [-0.1, -0.05) is 25.4 Å². The third-order valence-electron chi connectivity index (χ3n) is 5.97. The van der Waals surface area contributed by atoms with Gasteiger partial charge in [0.15, 0.2) is 0 Å². The summed E-state index contributed by atoms with van der Waals surface area (Å²) in [7, 11) is 0. The van der Waals surface area contributed by atoms with Gasteiger partial charge in [-0.3, -0.25) is 0 Å². The number of piperazine rings is 1. The maximum Gasteiger partial charge on any atom is 0.317 e. The van der Waals surface area contributed by atoms with Gasteiger partial charge in [0.1, 0.15) is 5.82 Å². The number of hydrogen-bond acceptors (Lipinski definition) is 3. The Bertz CT molecular complexity index is 616. The van der Waals surface area contributed by atoms with Crippen LogP contribution in [0.25, 0.3) is 0 Å². The molecule has 1 aromatic heterocycles. The van der Waals surface area contributed by atoms with Crippen molar-refractivity contribution in [3.63, 3.8) is 0 Å². The van der Waals surface area contributed by atoms with Gasteiger partial charge in [-0.05, 0) is 56.6 Å². The van der Waals surface area contributed by atoms with Crippen LogP contribution in [-0.4, -0.2) is 47.6 Å². The first-order valence-electron chi connectivity index (χ1n) is 9.88. The zero-order valence-corrected chi connectivity index (χ0v) is 16.9. The molecular formula is C20H31ClN4O. The first-order valence-corrected chi connectivity index (χ1v) is 10.3. The van der Waals surface area contributed by atoms with Crippen molar-refractivity contribution < 1.29 is 4.79 Å². The summed E-state index contributed by atoms with van der Waals surface area (Å²) >= 11 is 6.27. The molecule has 2 aliphatic rings. The molecule has 1 aliphatic carbocycles. The number of hydrogen-bond donors (Lipinski definition) is 1. The van der Waals surface area contributed by atoms with E-state index in [1.807, 2.05) is 17.0 Å². The monoisotopic (exact) mass is 378 g/mol. The summed E-state index contributed by atoms with van der Waals surface area (Å²) in [6.07, 6.45) is 6.42. The molecule has 1 atom stereocenters. The first kappa shape index (κ1) is 19.3. The molecule has 3 rings (SSSR count). The van der Waals surface area contributed by atoms with Crippen molar-refractivity contribution in [3.05, 3.63) is 23.4 Å². The van der Waals surface area contributed by atoms with Gasteiger partial charge in [-0.25, -0.2) is 9.78 Å². The van der Waals surface area contributed by atoms with Gasteiger partial charge in [0.05, 0.1) is 5.02 Å². The molecule has 2 fully saturated rings. The molecule has 1 aliphatic heterocycles. The largest absolute Gasteiger partial charge is 0.352 e. The number of nitrogens with one attached hydrogen (secondary N) is 1. The maximum atomic E-state index is 12.8. The van der Waals surface area contributed by atoms with E-state index in [1.54, 1.807) is 6.20 Å². The number of halogens is 1. The second-order valence-corrected chi connectivity index (χ2v) is 8.51. The average Bonchev–Trinajstić information content (AvgIpc) is 2.62. The summed E-state index contributed by atoms with van der Waals surface area (Å²) in [6.45, 7) is 8.91. The first-order chi connectivity index (χ1) is 12.5. The summed E-state index contributed by atoms with van der Waals surface area (Å²) < 4.78 is 0. The van der Waals surface area contributed by atoms with Gasteiger partial charge >= 0.3 is 6.03 Å². The molecule has 1 N–H and O–H groups in total. The van der Waals surface area contributed by atoms with Crippen LogP contribution in [-0.2, 0) is 0 Å². The lowest BCUT2D eigenvalue weighted by atomic mass is 9.80. The predicted octanol–water partition coefficient (Wildman–Crippen LogP) is 4.17. The summed E-state index contributed by atoms with van der Waals surface area (Å²) in [4.78, 5) is 21.3. The Labute approximate surface area is 162 Å². The molecule has 1 aromatic rings. The van der Waals surface area contributed by atoms with Crippen LogP contribution < -0.4 is 10.2 Å². The maximum absolute atomic E-state index is 12.8. The smallest absolute Gasteiger partial charge is 0.317 e. The van der Waals surface area contributed by atoms with Crippen LogP contribution in [0, 0.1) is 11.8 Å². The molecule has 5 nitrogen and oxygen atoms in total. The normalized spacial score (nSPS) is 26.9. The number of rotatable bonds is 3. The van der Waals surface area contributed by atoms with E-state index in [0.717, 1.165) is 43.6 Å². The fourth-order valence-electron chi connectivity index (χ4n) is 4.25. The summed E-state index contributed by atoms with van der Waals surface area (Å²) in [6, 6.07) is 4.24. The number of anilines is 1. The molecule has 26 heavy (non-hydrogen) atoms. The second kappa shape index (κ2) is 8.47. The molecule has 2 heterocycles. The van der Waals surface area contributed by atoms with E-state index in [9.17, 15) is 4.79 Å². The highest BCUT2D eigenvalue weighted by Gasteiger charge is 2.31. The molecule has 2 amide bonds. The average molecular weight is 379 g/mol. The van der Waals surface area contributed by atoms with E-state index >= 15 is 0 Å². The fourth-order valence-corrected chi connectivity index (χ4v) is 4.49. The third kappa shape index (κ3) is 4.43. The number of aromatic nitrogens is 1. The molecule has 0 radical (unpaired) electrons. The molecule has 1 saturated carbocycles. The third-order valence-corrected chi connectivity index (χ3v) is 6.26. The highest BCUT2D eigenvalue weighted by Crippen LogP contribution is 2.30. The van der Waals surface area contributed by atoms with Gasteiger partial charge in [-0.15, -0.1) is 0 Å². The van der Waals surface area contributed by atoms with Crippen LogP contribution >= 0.6 is 11.6 Å². The zero-order chi connectivity index (χ0) is 18.7. The van der Waals surface area contributed by atoms with E-state index in [4.69, 9.17) is 11.6 Å². The van der Waals surface area contributed by atoms with Crippen LogP contribution in [0.3, 0.4) is 0 Å². The zero-order valence-electron chi connectivity index (χ0n) is 16.1. The lowest BCUT2D eigenvalue weighted by Gasteiger charge is -2.41. The minimum Gasteiger partial charge on any atom is -0.352 e. The molecule has 6 heteroatoms. The van der Waals surface area contributed by atoms with Gasteiger partial charge < -0.3 is 15.1 Å². The van der Waals surface area contributed by atoms with Crippen LogP contribution in [0.1, 0.15) is 46.5 Å². The van der Waals surface area contributed by atoms with E-state index in [1.165, 1.54) is 12.8 Å². The van der Waals surface area contributed by atoms with Crippen molar-refractivity contribution in [1.29, 1.82) is 0 Å². The number of amides is 2. The van der Waals surface area contributed by atoms with E-state index < -0.39 is 0 Å². The summed E-state index contributed by atoms with van der Waals surface area (Å²) in [5.41, 5.74) is 0. The number of carbonyl (C=O) groups is 1. The van der Waals surface area contributed by atoms with Gasteiger partial charge in [0, 0.05) is 37.9 Å². The molecular weight excluding hydrogens is 348 g/mol. The fraction of sp³-hybridized carbons (Fsp3) is 0.700. The topological polar surface area (TPSA) is 48.5 Å². The van der Waals surface area contributed by atoms with Crippen LogP contribution in [0.15, 0.2) is 18.3 Å². The van der Waals surface area contributed by atoms with Crippen LogP contribution in [0.4, 0.5) is 10.6 Å². The van der Waals surface area contributed by atoms with Crippen molar-refractivity contribution in [2.45, 2.75) is 58.5 Å². The van der Waals surface area contributed by atoms with Crippen LogP contribution in [0.2, 0.25) is 5.02 Å². The van der Waals surface area contributed by atoms with E-state index in [-0.39, 0.29) is 12.1 Å². The lowest BCUT2D eigenvalue weighted by molar-refractivity contribution is 0.160. The van der Waals surface area contributed by atoms with Crippen LogP contribution in [0.5, 0.6) is 0 Å². The number of carbonyl (C=O) groups excluding carboxylic acids is 1. The lowest BCUT2D eigenvalue weighted by Crippen LogP contribution is -2.58. The minimum atomic E-state index is 0.0808. The number of nitrogens with zero attached hydrogens (tertiary/aromatic N) is 3. The molecule has 0 spiro atoms. The molecule has 0 unspecified atom stereocenters. The van der Waals surface area contributed by atoms with Crippen molar-refractivity contribution >= 4 is 23.4 Å². The van der Waals surface area contributed by atoms with E-state index in [2.05, 4.69) is 36.0 Å². The Hall–Kier alpha value is -1.49. The molecule has 0 aromatic carbocycles. The Morgan fingerprint density at radius 3 is 2.62 bits per heavy atom. The van der Waals surface area contributed by atoms with Gasteiger partial charge in [0.25, 0.3) is 0 Å². The summed E-state index contributed by atoms with van der Waals surface area (Å²) in [5, 5.41) is 3.94. The molecule has 0 bridgehead atoms. The van der Waals surface area contributed by atoms with Gasteiger partial charge in [-0.2, -0.15) is 0 Å². The van der Waals surface area contributed by atoms with Crippen molar-refractivity contribution in [2.75, 3.05) is 24.5 Å². The van der Waals surface area contributed by atoms with E-state index in [0.29, 0.717) is 17.6 Å². The Morgan fingerprint density at radius 2 is 2.00 bits per heavy atom. The quantitative estimate of drug-likeness (QED) is 0.858. The Kier molecular flexibility index (Phi) is 6.28. The standard InChI is InChI=1S/C20H31ClN4O/c1-14(2)16-6-8-17(9-7-16)23-20(26)25-12-11-24(13-15(25)3)19-18(21)5-4-10-22-19/h4-5,10,14-17H,6-9,11-13H2,1-3H3,(H,23,26)/t15-,16?,17?/m1/s1. The Balaban J connectivity index is 1.51. The SMILES string of the molecule is CC(C)C1CCC(NC(=O)N2CCN(c3ncccc3Cl)C[C@H]2C)CC1. The molecule has 144 valence electrons. The summed E-state index contributed by atoms with van der Waals surface area (Å²) in [5.74, 6) is 2.37. The highest BCUT2D eigenvalue weighted by molar-refractivity contribution is 6.32. The Morgan fingerprint density at radius 1 is 1.27 bits per heavy atom. The highest BCUT2D eigenvalue weighted by atomic mass is 35.5. The van der Waals surface area contributed by atoms with Gasteiger partial charge in [0.2, 0.25) is 0 Å². The van der Waals surface area contributed by atoms with Crippen molar-refractivity contribution in [1.82, 2.24) is 15.2 Å². The number of pyridine rings is 1. The minimum absolute atomic E-state index is 0.0808. The second-order valence-electron chi connectivity index (χ2n) is 8.10.